The number of ether oxygens (including phenoxy) is 1. The van der Waals surface area contributed by atoms with Gasteiger partial charge in [-0.1, -0.05) is 18.2 Å². The number of hydrogen-bond donors (Lipinski definition) is 1. The molecule has 0 spiro atoms. The summed E-state index contributed by atoms with van der Waals surface area (Å²) in [5, 5.41) is 2.79. The fraction of sp³-hybridized carbons (Fsp3) is 0.316. The number of para-hydroxylation sites is 1. The molecule has 2 aliphatic rings. The highest BCUT2D eigenvalue weighted by molar-refractivity contribution is 7.90. The summed E-state index contributed by atoms with van der Waals surface area (Å²) in [5.41, 5.74) is 2.74. The van der Waals surface area contributed by atoms with Gasteiger partial charge in [-0.05, 0) is 44.1 Å². The van der Waals surface area contributed by atoms with E-state index in [2.05, 4.69) is 9.71 Å². The van der Waals surface area contributed by atoms with Crippen LogP contribution in [0.25, 0.3) is 0 Å². The lowest BCUT2D eigenvalue weighted by atomic mass is 10.1. The molecular weight excluding hydrogens is 382 g/mol. The molecule has 3 rings (SSSR count). The van der Waals surface area contributed by atoms with Gasteiger partial charge in [0, 0.05) is 18.4 Å². The second-order valence-electron chi connectivity index (χ2n) is 6.65. The minimum absolute atomic E-state index is 0.127. The predicted molar refractivity (Wildman–Crippen MR) is 105 cm³/mol. The van der Waals surface area contributed by atoms with Gasteiger partial charge in [-0.3, -0.25) is 4.79 Å². The number of sulfonamides is 1. The summed E-state index contributed by atoms with van der Waals surface area (Å²) in [7, 11) is -3.46. The highest BCUT2D eigenvalue weighted by atomic mass is 32.2. The van der Waals surface area contributed by atoms with Gasteiger partial charge in [0.05, 0.1) is 11.3 Å². The zero-order valence-electron chi connectivity index (χ0n) is 15.8. The Morgan fingerprint density at radius 2 is 1.89 bits per heavy atom. The summed E-state index contributed by atoms with van der Waals surface area (Å²) < 4.78 is 32.0. The van der Waals surface area contributed by atoms with Crippen LogP contribution in [0.5, 0.6) is 0 Å². The molecule has 1 amide bonds. The summed E-state index contributed by atoms with van der Waals surface area (Å²) in [5.74, 6) is -0.980. The van der Waals surface area contributed by atoms with E-state index in [-0.39, 0.29) is 23.7 Å². The molecule has 2 aliphatic heterocycles. The fourth-order valence-electron chi connectivity index (χ4n) is 2.84. The number of anilines is 1. The Hall–Kier alpha value is -2.94. The Labute approximate surface area is 163 Å². The molecule has 0 aliphatic carbocycles. The van der Waals surface area contributed by atoms with E-state index >= 15 is 0 Å². The average Bonchev–Trinajstić information content (AvgIpc) is 2.63. The number of amidine groups is 1. The maximum Gasteiger partial charge on any atom is 0.340 e. The zero-order chi connectivity index (χ0) is 20.5. The minimum Gasteiger partial charge on any atom is -0.449 e. The monoisotopic (exact) mass is 403 g/mol. The van der Waals surface area contributed by atoms with Crippen LogP contribution in [0, 0.1) is 13.8 Å². The molecule has 1 aromatic carbocycles. The van der Waals surface area contributed by atoms with Gasteiger partial charge in [-0.2, -0.15) is 0 Å². The Bertz CT molecular complexity index is 1000. The summed E-state index contributed by atoms with van der Waals surface area (Å²) in [6.07, 6.45) is 3.34. The number of carbonyl (C=O) groups excluding carboxylic acids is 2. The van der Waals surface area contributed by atoms with Gasteiger partial charge in [0.1, 0.15) is 5.84 Å². The van der Waals surface area contributed by atoms with E-state index in [4.69, 9.17) is 4.74 Å². The third-order valence-corrected chi connectivity index (χ3v) is 5.61. The number of esters is 1. The number of carbonyl (C=O) groups is 2. The SMILES string of the molecule is Cc1cccc(C)c1NC(=O)C(C)OC(=O)C1=CN2CCS(=O)(=O)N=C2C=C1. The number of hydrogen-bond acceptors (Lipinski definition) is 6. The quantitative estimate of drug-likeness (QED) is 0.767. The van der Waals surface area contributed by atoms with Crippen LogP contribution < -0.4 is 5.32 Å². The standard InChI is InChI=1S/C19H21N3O5S/c1-12-5-4-6-13(2)17(12)20-18(23)14(3)27-19(24)15-7-8-16-21-28(25,26)10-9-22(16)11-15/h4-8,11,14H,9-10H2,1-3H3,(H,20,23). The van der Waals surface area contributed by atoms with Crippen molar-refractivity contribution < 1.29 is 22.7 Å². The zero-order valence-corrected chi connectivity index (χ0v) is 16.6. The summed E-state index contributed by atoms with van der Waals surface area (Å²) >= 11 is 0. The third kappa shape index (κ3) is 4.30. The molecule has 1 aromatic rings. The van der Waals surface area contributed by atoms with Gasteiger partial charge < -0.3 is 15.0 Å². The average molecular weight is 403 g/mol. The van der Waals surface area contributed by atoms with Crippen molar-refractivity contribution in [2.75, 3.05) is 17.6 Å². The fourth-order valence-corrected chi connectivity index (χ4v) is 3.81. The van der Waals surface area contributed by atoms with Crippen LogP contribution in [0.3, 0.4) is 0 Å². The molecule has 28 heavy (non-hydrogen) atoms. The van der Waals surface area contributed by atoms with Crippen LogP contribution in [0.1, 0.15) is 18.1 Å². The summed E-state index contributed by atoms with van der Waals surface area (Å²) in [6, 6.07) is 5.67. The molecule has 0 radical (unpaired) electrons. The van der Waals surface area contributed by atoms with Crippen molar-refractivity contribution in [2.45, 2.75) is 26.9 Å². The molecule has 2 heterocycles. The number of amides is 1. The third-order valence-electron chi connectivity index (χ3n) is 4.44. The molecule has 8 nitrogen and oxygen atoms in total. The maximum absolute atomic E-state index is 12.4. The number of rotatable bonds is 4. The molecule has 1 atom stereocenters. The second kappa shape index (κ2) is 7.59. The number of fused-ring (bicyclic) bond motifs is 1. The van der Waals surface area contributed by atoms with Gasteiger partial charge >= 0.3 is 5.97 Å². The second-order valence-corrected chi connectivity index (χ2v) is 8.40. The number of nitrogens with zero attached hydrogens (tertiary/aromatic N) is 2. The van der Waals surface area contributed by atoms with Crippen molar-refractivity contribution in [1.82, 2.24) is 4.90 Å². The van der Waals surface area contributed by atoms with E-state index in [9.17, 15) is 18.0 Å². The number of benzene rings is 1. The molecule has 0 saturated heterocycles. The van der Waals surface area contributed by atoms with Gasteiger partial charge in [-0.25, -0.2) is 13.2 Å². The number of nitrogens with one attached hydrogen (secondary N) is 1. The van der Waals surface area contributed by atoms with Crippen molar-refractivity contribution >= 4 is 33.4 Å². The van der Waals surface area contributed by atoms with Crippen LogP contribution in [0.4, 0.5) is 5.69 Å². The predicted octanol–water partition coefficient (Wildman–Crippen LogP) is 1.67. The first-order valence-corrected chi connectivity index (χ1v) is 10.3. The molecule has 0 saturated carbocycles. The largest absolute Gasteiger partial charge is 0.449 e. The van der Waals surface area contributed by atoms with Crippen molar-refractivity contribution in [3.05, 3.63) is 53.3 Å². The van der Waals surface area contributed by atoms with E-state index in [1.54, 1.807) is 4.90 Å². The summed E-state index contributed by atoms with van der Waals surface area (Å²) in [4.78, 5) is 26.4. The molecule has 0 bridgehead atoms. The minimum atomic E-state index is -3.46. The lowest BCUT2D eigenvalue weighted by molar-refractivity contribution is -0.149. The molecule has 9 heteroatoms. The van der Waals surface area contributed by atoms with Crippen molar-refractivity contribution in [2.24, 2.45) is 4.40 Å². The summed E-state index contributed by atoms with van der Waals surface area (Å²) in [6.45, 7) is 5.46. The first kappa shape index (κ1) is 19.8. The molecule has 0 aromatic heterocycles. The van der Waals surface area contributed by atoms with E-state index in [0.29, 0.717) is 5.69 Å². The van der Waals surface area contributed by atoms with E-state index in [1.807, 2.05) is 32.0 Å². The van der Waals surface area contributed by atoms with Crippen LogP contribution >= 0.6 is 0 Å². The normalized spacial score (nSPS) is 18.5. The van der Waals surface area contributed by atoms with Gasteiger partial charge in [0.2, 0.25) is 0 Å². The van der Waals surface area contributed by atoms with Crippen LogP contribution in [-0.2, 0) is 24.3 Å². The molecule has 0 fully saturated rings. The van der Waals surface area contributed by atoms with Crippen LogP contribution in [-0.4, -0.2) is 49.4 Å². The molecule has 1 unspecified atom stereocenters. The Morgan fingerprint density at radius 3 is 2.57 bits per heavy atom. The lowest BCUT2D eigenvalue weighted by Gasteiger charge is -2.27. The molecular formula is C19H21N3O5S. The Balaban J connectivity index is 1.66. The van der Waals surface area contributed by atoms with E-state index in [0.717, 1.165) is 11.1 Å². The van der Waals surface area contributed by atoms with Gasteiger partial charge in [-0.15, -0.1) is 4.40 Å². The topological polar surface area (TPSA) is 105 Å². The first-order chi connectivity index (χ1) is 13.2. The van der Waals surface area contributed by atoms with Crippen LogP contribution in [0.15, 0.2) is 46.5 Å². The Kier molecular flexibility index (Phi) is 5.37. The van der Waals surface area contributed by atoms with Crippen LogP contribution in [0.2, 0.25) is 0 Å². The highest BCUT2D eigenvalue weighted by Crippen LogP contribution is 2.20. The van der Waals surface area contributed by atoms with Gasteiger partial charge in [0.25, 0.3) is 15.9 Å². The number of aryl methyl sites for hydroxylation is 2. The molecule has 1 N–H and O–H groups in total. The van der Waals surface area contributed by atoms with Crippen molar-refractivity contribution in [3.8, 4) is 0 Å². The van der Waals surface area contributed by atoms with Gasteiger partial charge in [0.15, 0.2) is 6.10 Å². The highest BCUT2D eigenvalue weighted by Gasteiger charge is 2.27. The van der Waals surface area contributed by atoms with E-state index < -0.39 is 28.0 Å². The lowest BCUT2D eigenvalue weighted by Crippen LogP contribution is -2.37. The van der Waals surface area contributed by atoms with Crippen molar-refractivity contribution in [1.29, 1.82) is 0 Å². The Morgan fingerprint density at radius 1 is 1.21 bits per heavy atom. The first-order valence-electron chi connectivity index (χ1n) is 8.73. The van der Waals surface area contributed by atoms with Crippen molar-refractivity contribution in [3.63, 3.8) is 0 Å². The maximum atomic E-state index is 12.4. The van der Waals surface area contributed by atoms with E-state index in [1.165, 1.54) is 25.3 Å². The smallest absolute Gasteiger partial charge is 0.340 e. The molecule has 148 valence electrons.